The van der Waals surface area contributed by atoms with E-state index in [2.05, 4.69) is 29.0 Å². The first-order valence-electron chi connectivity index (χ1n) is 7.18. The summed E-state index contributed by atoms with van der Waals surface area (Å²) >= 11 is 1.84. The highest BCUT2D eigenvalue weighted by Gasteiger charge is 2.11. The summed E-state index contributed by atoms with van der Waals surface area (Å²) in [7, 11) is 0. The molecule has 0 saturated carbocycles. The third kappa shape index (κ3) is 5.57. The summed E-state index contributed by atoms with van der Waals surface area (Å²) < 4.78 is 5.36. The van der Waals surface area contributed by atoms with Crippen molar-refractivity contribution in [1.82, 2.24) is 15.2 Å². The van der Waals surface area contributed by atoms with Crippen molar-refractivity contribution >= 4 is 11.3 Å². The minimum absolute atomic E-state index is 0.703. The summed E-state index contributed by atoms with van der Waals surface area (Å²) in [6, 6.07) is 0. The van der Waals surface area contributed by atoms with Gasteiger partial charge in [-0.15, -0.1) is 11.3 Å². The highest BCUT2D eigenvalue weighted by Crippen LogP contribution is 2.14. The van der Waals surface area contributed by atoms with Crippen LogP contribution in [0.1, 0.15) is 23.7 Å². The molecule has 5 heteroatoms. The number of morpholine rings is 1. The van der Waals surface area contributed by atoms with Crippen LogP contribution in [0.2, 0.25) is 0 Å². The summed E-state index contributed by atoms with van der Waals surface area (Å²) in [6.45, 7) is 11.5. The smallest absolute Gasteiger partial charge is 0.0940 e. The van der Waals surface area contributed by atoms with E-state index in [-0.39, 0.29) is 0 Å². The Kier molecular flexibility index (Phi) is 6.23. The van der Waals surface area contributed by atoms with Crippen LogP contribution in [-0.4, -0.2) is 49.3 Å². The van der Waals surface area contributed by atoms with Crippen LogP contribution < -0.4 is 5.32 Å². The second kappa shape index (κ2) is 7.94. The lowest BCUT2D eigenvalue weighted by atomic mass is 10.2. The second-order valence-corrected chi connectivity index (χ2v) is 6.65. The Labute approximate surface area is 120 Å². The molecule has 0 bridgehead atoms. The maximum atomic E-state index is 5.36. The number of nitrogens with zero attached hydrogens (tertiary/aromatic N) is 2. The number of hydrogen-bond acceptors (Lipinski definition) is 5. The van der Waals surface area contributed by atoms with Crippen molar-refractivity contribution in [1.29, 1.82) is 0 Å². The molecule has 0 aliphatic carbocycles. The minimum atomic E-state index is 0.703. The lowest BCUT2D eigenvalue weighted by Gasteiger charge is -2.25. The molecule has 1 saturated heterocycles. The average Bonchev–Trinajstić information content (AvgIpc) is 2.85. The van der Waals surface area contributed by atoms with Gasteiger partial charge < -0.3 is 10.1 Å². The van der Waals surface area contributed by atoms with Crippen LogP contribution in [0.25, 0.3) is 0 Å². The van der Waals surface area contributed by atoms with Crippen molar-refractivity contribution in [2.75, 3.05) is 39.4 Å². The molecular formula is C14H25N3OS. The SMILES string of the molecule is CC(C)CNCc1cnc(CCN2CCOCC2)s1. The van der Waals surface area contributed by atoms with Gasteiger partial charge in [-0.2, -0.15) is 0 Å². The van der Waals surface area contributed by atoms with Crippen molar-refractivity contribution in [3.05, 3.63) is 16.1 Å². The van der Waals surface area contributed by atoms with E-state index in [0.29, 0.717) is 5.92 Å². The van der Waals surface area contributed by atoms with Gasteiger partial charge in [-0.1, -0.05) is 13.8 Å². The molecule has 2 heterocycles. The van der Waals surface area contributed by atoms with Gasteiger partial charge in [0.15, 0.2) is 0 Å². The highest BCUT2D eigenvalue weighted by atomic mass is 32.1. The van der Waals surface area contributed by atoms with Crippen molar-refractivity contribution in [2.45, 2.75) is 26.8 Å². The fourth-order valence-corrected chi connectivity index (χ4v) is 2.99. The van der Waals surface area contributed by atoms with E-state index in [9.17, 15) is 0 Å². The fourth-order valence-electron chi connectivity index (χ4n) is 2.11. The van der Waals surface area contributed by atoms with E-state index in [1.54, 1.807) is 0 Å². The van der Waals surface area contributed by atoms with E-state index in [4.69, 9.17) is 4.74 Å². The summed E-state index contributed by atoms with van der Waals surface area (Å²) in [5.41, 5.74) is 0. The van der Waals surface area contributed by atoms with Crippen LogP contribution in [0.15, 0.2) is 6.20 Å². The van der Waals surface area contributed by atoms with Crippen molar-refractivity contribution in [3.8, 4) is 0 Å². The monoisotopic (exact) mass is 283 g/mol. The predicted molar refractivity (Wildman–Crippen MR) is 79.6 cm³/mol. The lowest BCUT2D eigenvalue weighted by Crippen LogP contribution is -2.37. The van der Waals surface area contributed by atoms with Gasteiger partial charge in [0.2, 0.25) is 0 Å². The third-order valence-electron chi connectivity index (χ3n) is 3.20. The molecule has 0 unspecified atom stereocenters. The third-order valence-corrected chi connectivity index (χ3v) is 4.26. The number of thiazole rings is 1. The molecule has 1 aromatic rings. The van der Waals surface area contributed by atoms with Gasteiger partial charge in [0.25, 0.3) is 0 Å². The predicted octanol–water partition coefficient (Wildman–Crippen LogP) is 1.76. The van der Waals surface area contributed by atoms with Crippen LogP contribution in [0.4, 0.5) is 0 Å². The normalized spacial score (nSPS) is 17.2. The maximum absolute atomic E-state index is 5.36. The van der Waals surface area contributed by atoms with E-state index >= 15 is 0 Å². The van der Waals surface area contributed by atoms with E-state index in [0.717, 1.165) is 52.4 Å². The molecule has 0 amide bonds. The minimum Gasteiger partial charge on any atom is -0.379 e. The first-order valence-corrected chi connectivity index (χ1v) is 8.00. The summed E-state index contributed by atoms with van der Waals surface area (Å²) in [5.74, 6) is 0.703. The molecule has 0 atom stereocenters. The van der Waals surface area contributed by atoms with E-state index in [1.807, 2.05) is 17.5 Å². The molecule has 0 aromatic carbocycles. The van der Waals surface area contributed by atoms with E-state index in [1.165, 1.54) is 9.88 Å². The maximum Gasteiger partial charge on any atom is 0.0940 e. The standard InChI is InChI=1S/C14H25N3OS/c1-12(2)9-15-10-13-11-16-14(19-13)3-4-17-5-7-18-8-6-17/h11-12,15H,3-10H2,1-2H3. The van der Waals surface area contributed by atoms with Crippen LogP contribution in [0.5, 0.6) is 0 Å². The number of aromatic nitrogens is 1. The summed E-state index contributed by atoms with van der Waals surface area (Å²) in [4.78, 5) is 8.32. The number of rotatable bonds is 7. The molecule has 0 spiro atoms. The van der Waals surface area contributed by atoms with Crippen LogP contribution in [0.3, 0.4) is 0 Å². The summed E-state index contributed by atoms with van der Waals surface area (Å²) in [6.07, 6.45) is 3.08. The number of ether oxygens (including phenoxy) is 1. The van der Waals surface area contributed by atoms with Gasteiger partial charge in [-0.25, -0.2) is 4.98 Å². The van der Waals surface area contributed by atoms with Gasteiger partial charge in [0.05, 0.1) is 18.2 Å². The molecule has 2 rings (SSSR count). The fraction of sp³-hybridized carbons (Fsp3) is 0.786. The van der Waals surface area contributed by atoms with Crippen molar-refractivity contribution in [2.24, 2.45) is 5.92 Å². The zero-order valence-corrected chi connectivity index (χ0v) is 12.8. The van der Waals surface area contributed by atoms with Crippen LogP contribution >= 0.6 is 11.3 Å². The Balaban J connectivity index is 1.68. The Hall–Kier alpha value is -0.490. The molecule has 1 fully saturated rings. The van der Waals surface area contributed by atoms with Gasteiger partial charge in [-0.3, -0.25) is 4.90 Å². The molecule has 1 aromatic heterocycles. The Morgan fingerprint density at radius 3 is 2.95 bits per heavy atom. The summed E-state index contributed by atoms with van der Waals surface area (Å²) in [5, 5.41) is 4.72. The molecule has 19 heavy (non-hydrogen) atoms. The first kappa shape index (κ1) is 14.9. The van der Waals surface area contributed by atoms with Gasteiger partial charge in [0.1, 0.15) is 0 Å². The first-order chi connectivity index (χ1) is 9.24. The molecule has 4 nitrogen and oxygen atoms in total. The van der Waals surface area contributed by atoms with Gasteiger partial charge >= 0.3 is 0 Å². The molecule has 0 radical (unpaired) electrons. The number of nitrogens with one attached hydrogen (secondary N) is 1. The van der Waals surface area contributed by atoms with E-state index < -0.39 is 0 Å². The van der Waals surface area contributed by atoms with Gasteiger partial charge in [-0.05, 0) is 12.5 Å². The van der Waals surface area contributed by atoms with Crippen LogP contribution in [-0.2, 0) is 17.7 Å². The zero-order chi connectivity index (χ0) is 13.5. The van der Waals surface area contributed by atoms with Crippen molar-refractivity contribution in [3.63, 3.8) is 0 Å². The molecule has 108 valence electrons. The highest BCUT2D eigenvalue weighted by molar-refractivity contribution is 7.11. The Morgan fingerprint density at radius 1 is 1.42 bits per heavy atom. The molecule has 1 aliphatic rings. The molecule has 1 aliphatic heterocycles. The lowest BCUT2D eigenvalue weighted by molar-refractivity contribution is 0.0384. The molecule has 1 N–H and O–H groups in total. The Morgan fingerprint density at radius 2 is 2.21 bits per heavy atom. The van der Waals surface area contributed by atoms with Crippen molar-refractivity contribution < 1.29 is 4.74 Å². The van der Waals surface area contributed by atoms with Crippen LogP contribution in [0, 0.1) is 5.92 Å². The zero-order valence-electron chi connectivity index (χ0n) is 12.0. The quantitative estimate of drug-likeness (QED) is 0.827. The average molecular weight is 283 g/mol. The largest absolute Gasteiger partial charge is 0.379 e. The topological polar surface area (TPSA) is 37.4 Å². The Bertz CT molecular complexity index is 361. The number of hydrogen-bond donors (Lipinski definition) is 1. The second-order valence-electron chi connectivity index (χ2n) is 5.45. The molecular weight excluding hydrogens is 258 g/mol. The van der Waals surface area contributed by atoms with Gasteiger partial charge in [0, 0.05) is 43.7 Å².